The number of amides is 1. The summed E-state index contributed by atoms with van der Waals surface area (Å²) in [6.45, 7) is 4.36. The van der Waals surface area contributed by atoms with E-state index in [1.807, 2.05) is 0 Å². The average Bonchev–Trinajstić information content (AvgIpc) is 3.00. The predicted octanol–water partition coefficient (Wildman–Crippen LogP) is 3.50. The lowest BCUT2D eigenvalue weighted by molar-refractivity contribution is -0.122. The summed E-state index contributed by atoms with van der Waals surface area (Å²) in [6.07, 6.45) is 3.28. The lowest BCUT2D eigenvalue weighted by atomic mass is 9.97. The van der Waals surface area contributed by atoms with E-state index >= 15 is 0 Å². The Balaban J connectivity index is 1.81. The van der Waals surface area contributed by atoms with E-state index in [0.717, 1.165) is 32.4 Å². The number of nitrogens with one attached hydrogen (secondary N) is 1. The van der Waals surface area contributed by atoms with Gasteiger partial charge in [0.05, 0.1) is 6.54 Å². The fraction of sp³-hybridized carbons (Fsp3) is 0.421. The molecule has 1 saturated heterocycles. The molecule has 2 aromatic carbocycles. The molecule has 1 atom stereocenters. The van der Waals surface area contributed by atoms with E-state index in [1.54, 1.807) is 0 Å². The first kappa shape index (κ1) is 15.0. The van der Waals surface area contributed by atoms with E-state index in [2.05, 4.69) is 59.6 Å². The number of hydrogen-bond acceptors (Lipinski definition) is 2. The van der Waals surface area contributed by atoms with Crippen LogP contribution in [0.25, 0.3) is 10.8 Å². The van der Waals surface area contributed by atoms with Gasteiger partial charge in [0.15, 0.2) is 0 Å². The summed E-state index contributed by atoms with van der Waals surface area (Å²) < 4.78 is 0. The van der Waals surface area contributed by atoms with Gasteiger partial charge in [0.2, 0.25) is 5.91 Å². The highest BCUT2D eigenvalue weighted by Gasteiger charge is 2.28. The molecule has 1 heterocycles. The van der Waals surface area contributed by atoms with E-state index < -0.39 is 0 Å². The number of fused-ring (bicyclic) bond motifs is 1. The summed E-state index contributed by atoms with van der Waals surface area (Å²) in [5.41, 5.74) is 1.36. The van der Waals surface area contributed by atoms with Crippen LogP contribution in [0.15, 0.2) is 42.5 Å². The number of carbonyl (C=O) groups excluding carboxylic acids is 1. The van der Waals surface area contributed by atoms with Gasteiger partial charge in [-0.15, -0.1) is 0 Å². The Kier molecular flexibility index (Phi) is 4.74. The van der Waals surface area contributed by atoms with Gasteiger partial charge in [0, 0.05) is 12.6 Å². The van der Waals surface area contributed by atoms with Crippen LogP contribution in [0, 0.1) is 0 Å². The molecule has 0 aromatic heterocycles. The third-order valence-corrected chi connectivity index (χ3v) is 4.46. The Bertz CT molecular complexity index is 647. The average molecular weight is 296 g/mol. The van der Waals surface area contributed by atoms with E-state index in [4.69, 9.17) is 0 Å². The molecule has 3 nitrogen and oxygen atoms in total. The van der Waals surface area contributed by atoms with Gasteiger partial charge in [0.1, 0.15) is 0 Å². The summed E-state index contributed by atoms with van der Waals surface area (Å²) in [4.78, 5) is 14.4. The topological polar surface area (TPSA) is 32.3 Å². The summed E-state index contributed by atoms with van der Waals surface area (Å²) >= 11 is 0. The second-order valence-corrected chi connectivity index (χ2v) is 6.05. The van der Waals surface area contributed by atoms with Crippen molar-refractivity contribution in [3.8, 4) is 0 Å². The highest BCUT2D eigenvalue weighted by Crippen LogP contribution is 2.35. The molecular formula is C19H24N2O. The van der Waals surface area contributed by atoms with Crippen molar-refractivity contribution in [2.75, 3.05) is 19.6 Å². The van der Waals surface area contributed by atoms with Crippen LogP contribution in [0.1, 0.15) is 37.8 Å². The van der Waals surface area contributed by atoms with Gasteiger partial charge < -0.3 is 5.32 Å². The number of likely N-dealkylation sites (tertiary alicyclic amines) is 1. The predicted molar refractivity (Wildman–Crippen MR) is 90.8 cm³/mol. The van der Waals surface area contributed by atoms with E-state index in [-0.39, 0.29) is 5.91 Å². The van der Waals surface area contributed by atoms with E-state index in [9.17, 15) is 4.79 Å². The molecule has 0 spiro atoms. The highest BCUT2D eigenvalue weighted by atomic mass is 16.2. The lowest BCUT2D eigenvalue weighted by Crippen LogP contribution is -2.37. The molecule has 3 heteroatoms. The molecule has 1 amide bonds. The Labute approximate surface area is 132 Å². The zero-order chi connectivity index (χ0) is 15.4. The quantitative estimate of drug-likeness (QED) is 0.916. The molecule has 1 unspecified atom stereocenters. The number of rotatable bonds is 5. The molecule has 2 aromatic rings. The summed E-state index contributed by atoms with van der Waals surface area (Å²) in [5, 5.41) is 5.58. The third-order valence-electron chi connectivity index (χ3n) is 4.46. The van der Waals surface area contributed by atoms with Gasteiger partial charge in [-0.2, -0.15) is 0 Å². The number of benzene rings is 2. The normalized spacial score (nSPS) is 18.7. The zero-order valence-electron chi connectivity index (χ0n) is 13.2. The Morgan fingerprint density at radius 3 is 2.91 bits per heavy atom. The summed E-state index contributed by atoms with van der Waals surface area (Å²) in [7, 11) is 0. The number of hydrogen-bond donors (Lipinski definition) is 1. The van der Waals surface area contributed by atoms with Crippen molar-refractivity contribution in [1.82, 2.24) is 10.2 Å². The molecule has 3 rings (SSSR count). The van der Waals surface area contributed by atoms with Crippen molar-refractivity contribution < 1.29 is 4.79 Å². The maximum Gasteiger partial charge on any atom is 0.234 e. The monoisotopic (exact) mass is 296 g/mol. The van der Waals surface area contributed by atoms with Gasteiger partial charge in [-0.05, 0) is 42.1 Å². The largest absolute Gasteiger partial charge is 0.355 e. The number of nitrogens with zero attached hydrogens (tertiary/aromatic N) is 1. The van der Waals surface area contributed by atoms with Gasteiger partial charge >= 0.3 is 0 Å². The Morgan fingerprint density at radius 1 is 1.23 bits per heavy atom. The minimum absolute atomic E-state index is 0.147. The van der Waals surface area contributed by atoms with Gasteiger partial charge in [-0.3, -0.25) is 9.69 Å². The van der Waals surface area contributed by atoms with Crippen molar-refractivity contribution in [1.29, 1.82) is 0 Å². The molecule has 0 saturated carbocycles. The van der Waals surface area contributed by atoms with Crippen LogP contribution in [0.5, 0.6) is 0 Å². The van der Waals surface area contributed by atoms with Crippen molar-refractivity contribution in [2.45, 2.75) is 32.2 Å². The van der Waals surface area contributed by atoms with Gasteiger partial charge in [-0.25, -0.2) is 0 Å². The zero-order valence-corrected chi connectivity index (χ0v) is 13.2. The smallest absolute Gasteiger partial charge is 0.234 e. The third kappa shape index (κ3) is 3.14. The number of carbonyl (C=O) groups is 1. The highest BCUT2D eigenvalue weighted by molar-refractivity contribution is 5.86. The summed E-state index contributed by atoms with van der Waals surface area (Å²) in [6, 6.07) is 15.4. The van der Waals surface area contributed by atoms with E-state index in [0.29, 0.717) is 12.6 Å². The maximum atomic E-state index is 12.0. The van der Waals surface area contributed by atoms with Crippen molar-refractivity contribution in [3.63, 3.8) is 0 Å². The molecule has 0 bridgehead atoms. The minimum atomic E-state index is 0.147. The lowest BCUT2D eigenvalue weighted by Gasteiger charge is -2.25. The molecule has 1 aliphatic rings. The first-order chi connectivity index (χ1) is 10.8. The van der Waals surface area contributed by atoms with Crippen molar-refractivity contribution >= 4 is 16.7 Å². The molecule has 116 valence electrons. The molecule has 1 fully saturated rings. The molecular weight excluding hydrogens is 272 g/mol. The fourth-order valence-electron chi connectivity index (χ4n) is 3.41. The molecule has 0 radical (unpaired) electrons. The van der Waals surface area contributed by atoms with Gasteiger partial charge in [-0.1, -0.05) is 49.4 Å². The molecule has 1 N–H and O–H groups in total. The first-order valence-electron chi connectivity index (χ1n) is 8.28. The summed E-state index contributed by atoms with van der Waals surface area (Å²) in [5.74, 6) is 0.147. The minimum Gasteiger partial charge on any atom is -0.355 e. The Hall–Kier alpha value is -1.87. The van der Waals surface area contributed by atoms with Crippen LogP contribution in [-0.2, 0) is 4.79 Å². The first-order valence-corrected chi connectivity index (χ1v) is 8.28. The van der Waals surface area contributed by atoms with Gasteiger partial charge in [0.25, 0.3) is 0 Å². The fourth-order valence-corrected chi connectivity index (χ4v) is 3.41. The van der Waals surface area contributed by atoms with Crippen LogP contribution in [0.4, 0.5) is 0 Å². The van der Waals surface area contributed by atoms with Crippen LogP contribution in [0.2, 0.25) is 0 Å². The van der Waals surface area contributed by atoms with Crippen LogP contribution < -0.4 is 5.32 Å². The van der Waals surface area contributed by atoms with E-state index in [1.165, 1.54) is 16.3 Å². The Morgan fingerprint density at radius 2 is 2.05 bits per heavy atom. The second-order valence-electron chi connectivity index (χ2n) is 6.05. The standard InChI is InChI=1S/C19H24N2O/c1-2-12-20-19(22)14-21-13-6-11-18(21)17-10-5-8-15-7-3-4-9-16(15)17/h3-5,7-10,18H,2,6,11-14H2,1H3,(H,20,22). The molecule has 22 heavy (non-hydrogen) atoms. The van der Waals surface area contributed by atoms with Crippen LogP contribution in [-0.4, -0.2) is 30.4 Å². The van der Waals surface area contributed by atoms with Crippen molar-refractivity contribution in [3.05, 3.63) is 48.0 Å². The van der Waals surface area contributed by atoms with Crippen molar-refractivity contribution in [2.24, 2.45) is 0 Å². The molecule has 0 aliphatic carbocycles. The van der Waals surface area contributed by atoms with Crippen LogP contribution in [0.3, 0.4) is 0 Å². The second kappa shape index (κ2) is 6.93. The maximum absolute atomic E-state index is 12.0. The SMILES string of the molecule is CCCNC(=O)CN1CCCC1c1cccc2ccccc12. The molecule has 1 aliphatic heterocycles. The van der Waals surface area contributed by atoms with Crippen LogP contribution >= 0.6 is 0 Å².